The van der Waals surface area contributed by atoms with Crippen LogP contribution in [0.4, 0.5) is 5.69 Å². The van der Waals surface area contributed by atoms with Gasteiger partial charge in [-0.25, -0.2) is 10.2 Å². The van der Waals surface area contributed by atoms with E-state index in [0.717, 1.165) is 0 Å². The number of hydrogen-bond acceptors (Lipinski definition) is 7. The molecule has 0 aromatic heterocycles. The van der Waals surface area contributed by atoms with E-state index in [1.165, 1.54) is 21.1 Å². The monoisotopic (exact) mass is 349 g/mol. The van der Waals surface area contributed by atoms with E-state index < -0.39 is 18.0 Å². The van der Waals surface area contributed by atoms with E-state index in [9.17, 15) is 14.4 Å². The maximum atomic E-state index is 12.2. The summed E-state index contributed by atoms with van der Waals surface area (Å²) in [6, 6.07) is 4.87. The first-order valence-electron chi connectivity index (χ1n) is 7.54. The van der Waals surface area contributed by atoms with Gasteiger partial charge in [-0.15, -0.1) is 0 Å². The Morgan fingerprint density at radius 2 is 1.92 bits per heavy atom. The average molecular weight is 349 g/mol. The SMILES string of the molecule is COc1ccc(NC(=O)[C@H](C)OC(=O)C2=NNC(=O)CC2)cc1OC. The van der Waals surface area contributed by atoms with Crippen molar-refractivity contribution in [1.82, 2.24) is 5.43 Å². The van der Waals surface area contributed by atoms with Crippen LogP contribution in [-0.2, 0) is 19.1 Å². The van der Waals surface area contributed by atoms with Crippen molar-refractivity contribution in [2.45, 2.75) is 25.9 Å². The highest BCUT2D eigenvalue weighted by molar-refractivity contribution is 6.37. The number of amides is 2. The molecule has 0 saturated heterocycles. The summed E-state index contributed by atoms with van der Waals surface area (Å²) in [4.78, 5) is 35.1. The number of nitrogens with zero attached hydrogens (tertiary/aromatic N) is 1. The molecule has 0 spiro atoms. The van der Waals surface area contributed by atoms with Gasteiger partial charge in [-0.2, -0.15) is 5.10 Å². The zero-order chi connectivity index (χ0) is 18.4. The second-order valence-electron chi connectivity index (χ2n) is 5.20. The lowest BCUT2D eigenvalue weighted by Crippen LogP contribution is -2.35. The zero-order valence-electron chi connectivity index (χ0n) is 14.1. The van der Waals surface area contributed by atoms with Crippen LogP contribution < -0.4 is 20.2 Å². The Balaban J connectivity index is 1.96. The van der Waals surface area contributed by atoms with Crippen LogP contribution in [0, 0.1) is 0 Å². The predicted molar refractivity (Wildman–Crippen MR) is 88.5 cm³/mol. The minimum Gasteiger partial charge on any atom is -0.493 e. The quantitative estimate of drug-likeness (QED) is 0.736. The Kier molecular flexibility index (Phi) is 5.93. The van der Waals surface area contributed by atoms with Crippen molar-refractivity contribution in [1.29, 1.82) is 0 Å². The summed E-state index contributed by atoms with van der Waals surface area (Å²) in [6.45, 7) is 1.44. The minimum absolute atomic E-state index is 0.0744. The smallest absolute Gasteiger partial charge is 0.355 e. The predicted octanol–water partition coefficient (Wildman–Crippen LogP) is 0.840. The van der Waals surface area contributed by atoms with E-state index in [0.29, 0.717) is 17.2 Å². The number of hydrazone groups is 1. The molecule has 9 nitrogen and oxygen atoms in total. The molecular formula is C16H19N3O6. The third kappa shape index (κ3) is 4.69. The second kappa shape index (κ2) is 8.13. The number of carbonyl (C=O) groups excluding carboxylic acids is 3. The van der Waals surface area contributed by atoms with Crippen molar-refractivity contribution >= 4 is 29.2 Å². The maximum absolute atomic E-state index is 12.2. The highest BCUT2D eigenvalue weighted by atomic mass is 16.5. The van der Waals surface area contributed by atoms with Crippen LogP contribution in [-0.4, -0.2) is 43.8 Å². The maximum Gasteiger partial charge on any atom is 0.355 e. The van der Waals surface area contributed by atoms with Crippen LogP contribution in [0.15, 0.2) is 23.3 Å². The van der Waals surface area contributed by atoms with Gasteiger partial charge in [0.15, 0.2) is 17.6 Å². The molecule has 1 aliphatic heterocycles. The standard InChI is InChI=1S/C16H19N3O6/c1-9(25-16(22)11-5-7-14(20)19-18-11)15(21)17-10-4-6-12(23-2)13(8-10)24-3/h4,6,8-9H,5,7H2,1-3H3,(H,17,21)(H,19,20)/t9-/m0/s1. The summed E-state index contributed by atoms with van der Waals surface area (Å²) in [5.74, 6) is -0.540. The van der Waals surface area contributed by atoms with E-state index in [1.807, 2.05) is 0 Å². The van der Waals surface area contributed by atoms with E-state index in [1.54, 1.807) is 18.2 Å². The van der Waals surface area contributed by atoms with Gasteiger partial charge in [-0.05, 0) is 19.1 Å². The summed E-state index contributed by atoms with van der Waals surface area (Å²) < 4.78 is 15.4. The largest absolute Gasteiger partial charge is 0.493 e. The first-order valence-corrected chi connectivity index (χ1v) is 7.54. The Labute approximate surface area is 144 Å². The molecule has 2 rings (SSSR count). The van der Waals surface area contributed by atoms with Crippen molar-refractivity contribution in [2.75, 3.05) is 19.5 Å². The van der Waals surface area contributed by atoms with Crippen LogP contribution in [0.5, 0.6) is 11.5 Å². The third-order valence-corrected chi connectivity index (χ3v) is 3.44. The molecule has 1 aromatic carbocycles. The van der Waals surface area contributed by atoms with E-state index in [4.69, 9.17) is 14.2 Å². The molecule has 134 valence electrons. The lowest BCUT2D eigenvalue weighted by molar-refractivity contribution is -0.146. The van der Waals surface area contributed by atoms with E-state index in [2.05, 4.69) is 15.8 Å². The van der Waals surface area contributed by atoms with Gasteiger partial charge >= 0.3 is 5.97 Å². The summed E-state index contributed by atoms with van der Waals surface area (Å²) >= 11 is 0. The summed E-state index contributed by atoms with van der Waals surface area (Å²) in [7, 11) is 2.99. The van der Waals surface area contributed by atoms with Gasteiger partial charge in [0.2, 0.25) is 5.91 Å². The molecule has 0 aliphatic carbocycles. The Morgan fingerprint density at radius 1 is 1.20 bits per heavy atom. The molecule has 0 fully saturated rings. The third-order valence-electron chi connectivity index (χ3n) is 3.44. The van der Waals surface area contributed by atoms with Crippen molar-refractivity contribution in [3.8, 4) is 11.5 Å². The fraction of sp³-hybridized carbons (Fsp3) is 0.375. The molecule has 0 bridgehead atoms. The van der Waals surface area contributed by atoms with Gasteiger partial charge in [-0.1, -0.05) is 0 Å². The summed E-state index contributed by atoms with van der Waals surface area (Å²) in [5, 5.41) is 6.25. The lowest BCUT2D eigenvalue weighted by atomic mass is 10.2. The van der Waals surface area contributed by atoms with Crippen molar-refractivity contribution < 1.29 is 28.6 Å². The van der Waals surface area contributed by atoms with Gasteiger partial charge in [0.1, 0.15) is 5.71 Å². The number of carbonyl (C=O) groups is 3. The van der Waals surface area contributed by atoms with Crippen molar-refractivity contribution in [2.24, 2.45) is 5.10 Å². The van der Waals surface area contributed by atoms with Crippen LogP contribution in [0.1, 0.15) is 19.8 Å². The minimum atomic E-state index is -1.04. The average Bonchev–Trinajstić information content (AvgIpc) is 2.61. The number of benzene rings is 1. The fourth-order valence-corrected chi connectivity index (χ4v) is 2.06. The number of anilines is 1. The summed E-state index contributed by atoms with van der Waals surface area (Å²) in [5.41, 5.74) is 2.74. The first kappa shape index (κ1) is 18.2. The van der Waals surface area contributed by atoms with Crippen LogP contribution in [0.3, 0.4) is 0 Å². The van der Waals surface area contributed by atoms with Crippen LogP contribution in [0.25, 0.3) is 0 Å². The normalized spacial score (nSPS) is 14.7. The number of rotatable bonds is 6. The van der Waals surface area contributed by atoms with E-state index in [-0.39, 0.29) is 24.5 Å². The Bertz CT molecular complexity index is 716. The van der Waals surface area contributed by atoms with Crippen molar-refractivity contribution in [3.05, 3.63) is 18.2 Å². The van der Waals surface area contributed by atoms with Crippen LogP contribution >= 0.6 is 0 Å². The molecular weight excluding hydrogens is 330 g/mol. The van der Waals surface area contributed by atoms with Crippen LogP contribution in [0.2, 0.25) is 0 Å². The molecule has 25 heavy (non-hydrogen) atoms. The second-order valence-corrected chi connectivity index (χ2v) is 5.20. The Morgan fingerprint density at radius 3 is 2.52 bits per heavy atom. The molecule has 1 aliphatic rings. The van der Waals surface area contributed by atoms with Gasteiger partial charge in [-0.3, -0.25) is 9.59 Å². The Hall–Kier alpha value is -3.10. The molecule has 9 heteroatoms. The van der Waals surface area contributed by atoms with Crippen molar-refractivity contribution in [3.63, 3.8) is 0 Å². The molecule has 0 radical (unpaired) electrons. The van der Waals surface area contributed by atoms with Gasteiger partial charge in [0.05, 0.1) is 14.2 Å². The van der Waals surface area contributed by atoms with Gasteiger partial charge < -0.3 is 19.5 Å². The first-order chi connectivity index (χ1) is 11.9. The number of nitrogens with one attached hydrogen (secondary N) is 2. The molecule has 1 atom stereocenters. The molecule has 1 aromatic rings. The molecule has 0 saturated carbocycles. The highest BCUT2D eigenvalue weighted by Gasteiger charge is 2.24. The highest BCUT2D eigenvalue weighted by Crippen LogP contribution is 2.29. The lowest BCUT2D eigenvalue weighted by Gasteiger charge is -2.16. The summed E-state index contributed by atoms with van der Waals surface area (Å²) in [6.07, 6.45) is -0.713. The van der Waals surface area contributed by atoms with Gasteiger partial charge in [0.25, 0.3) is 5.91 Å². The zero-order valence-corrected chi connectivity index (χ0v) is 14.1. The number of methoxy groups -OCH3 is 2. The number of esters is 1. The number of ether oxygens (including phenoxy) is 3. The molecule has 2 N–H and O–H groups in total. The fourth-order valence-electron chi connectivity index (χ4n) is 2.06. The van der Waals surface area contributed by atoms with Gasteiger partial charge in [0, 0.05) is 24.6 Å². The molecule has 2 amide bonds. The van der Waals surface area contributed by atoms with E-state index >= 15 is 0 Å². The number of hydrogen-bond donors (Lipinski definition) is 2. The molecule has 0 unspecified atom stereocenters. The molecule has 1 heterocycles. The topological polar surface area (TPSA) is 115 Å².